The lowest BCUT2D eigenvalue weighted by molar-refractivity contribution is -0.182. The number of aromatic nitrogens is 7. The maximum atomic E-state index is 14.0. The highest BCUT2D eigenvalue weighted by Crippen LogP contribution is 2.54. The summed E-state index contributed by atoms with van der Waals surface area (Å²) in [5, 5.41) is 17.7. The number of anilines is 2. The highest BCUT2D eigenvalue weighted by Gasteiger charge is 2.52. The first kappa shape index (κ1) is 29.9. The molecule has 0 atom stereocenters. The molecule has 17 heteroatoms. The monoisotopic (exact) mass is 675 g/mol. The molecular weight excluding hydrogens is 651 g/mol. The lowest BCUT2D eigenvalue weighted by Gasteiger charge is -2.53. The summed E-state index contributed by atoms with van der Waals surface area (Å²) in [6.45, 7) is 1.10. The number of halogens is 3. The fourth-order valence-corrected chi connectivity index (χ4v) is 7.64. The Bertz CT molecular complexity index is 2380. The fraction of sp³-hybridized carbons (Fsp3) is 0.258. The van der Waals surface area contributed by atoms with E-state index < -0.39 is 27.9 Å². The lowest BCUT2D eigenvalue weighted by Crippen LogP contribution is -2.53. The van der Waals surface area contributed by atoms with E-state index in [1.165, 1.54) is 35.3 Å². The van der Waals surface area contributed by atoms with Crippen molar-refractivity contribution in [1.29, 1.82) is 5.26 Å². The summed E-state index contributed by atoms with van der Waals surface area (Å²) >= 11 is 0. The van der Waals surface area contributed by atoms with Gasteiger partial charge in [-0.05, 0) is 37.1 Å². The van der Waals surface area contributed by atoms with Crippen molar-refractivity contribution < 1.29 is 31.1 Å². The van der Waals surface area contributed by atoms with Crippen LogP contribution in [0.4, 0.5) is 24.9 Å². The van der Waals surface area contributed by atoms with E-state index in [4.69, 9.17) is 9.47 Å². The maximum Gasteiger partial charge on any atom is 0.433 e. The van der Waals surface area contributed by atoms with Gasteiger partial charge in [-0.3, -0.25) is 4.68 Å². The van der Waals surface area contributed by atoms with Gasteiger partial charge >= 0.3 is 6.18 Å². The minimum atomic E-state index is -4.61. The normalized spacial score (nSPS) is 16.1. The van der Waals surface area contributed by atoms with Gasteiger partial charge in [0, 0.05) is 30.1 Å². The van der Waals surface area contributed by atoms with Gasteiger partial charge in [0.05, 0.1) is 36.5 Å². The Morgan fingerprint density at radius 1 is 1.10 bits per heavy atom. The molecule has 0 radical (unpaired) electrons. The summed E-state index contributed by atoms with van der Waals surface area (Å²) in [5.41, 5.74) is -0.243. The summed E-state index contributed by atoms with van der Waals surface area (Å²) in [7, 11) is -2.31. The number of nitrogens with one attached hydrogen (secondary N) is 1. The van der Waals surface area contributed by atoms with Gasteiger partial charge in [0.15, 0.2) is 22.9 Å². The van der Waals surface area contributed by atoms with Crippen LogP contribution in [0.2, 0.25) is 0 Å². The van der Waals surface area contributed by atoms with Crippen molar-refractivity contribution in [1.82, 2.24) is 33.3 Å². The van der Waals surface area contributed by atoms with Crippen molar-refractivity contribution in [3.63, 3.8) is 0 Å². The first-order chi connectivity index (χ1) is 23.0. The van der Waals surface area contributed by atoms with Crippen LogP contribution in [0.25, 0.3) is 22.2 Å². The highest BCUT2D eigenvalue weighted by molar-refractivity contribution is 7.90. The van der Waals surface area contributed by atoms with E-state index >= 15 is 0 Å². The molecule has 1 saturated carbocycles. The van der Waals surface area contributed by atoms with Crippen LogP contribution in [0.1, 0.15) is 30.1 Å². The van der Waals surface area contributed by atoms with Gasteiger partial charge in [0.25, 0.3) is 10.0 Å². The number of pyridine rings is 2. The molecule has 13 nitrogen and oxygen atoms in total. The number of hydrogen-bond donors (Lipinski definition) is 1. The Balaban J connectivity index is 1.08. The van der Waals surface area contributed by atoms with E-state index in [1.54, 1.807) is 37.4 Å². The third-order valence-electron chi connectivity index (χ3n) is 8.74. The molecular formula is C31H24F3N9O4S. The van der Waals surface area contributed by atoms with Crippen LogP contribution >= 0.6 is 0 Å². The predicted octanol–water partition coefficient (Wildman–Crippen LogP) is 5.53. The van der Waals surface area contributed by atoms with Crippen molar-refractivity contribution in [3.8, 4) is 17.6 Å². The van der Waals surface area contributed by atoms with Crippen LogP contribution in [0.5, 0.6) is 11.5 Å². The van der Waals surface area contributed by atoms with Crippen LogP contribution in [0, 0.1) is 16.7 Å². The Hall–Kier alpha value is -5.47. The molecule has 2 aliphatic rings. The Kier molecular flexibility index (Phi) is 6.55. The van der Waals surface area contributed by atoms with Crippen molar-refractivity contribution >= 4 is 44.0 Å². The molecule has 1 aromatic carbocycles. The molecule has 5 aromatic heterocycles. The van der Waals surface area contributed by atoms with Gasteiger partial charge in [-0.1, -0.05) is 18.2 Å². The zero-order valence-corrected chi connectivity index (χ0v) is 25.8. The van der Waals surface area contributed by atoms with E-state index in [9.17, 15) is 26.9 Å². The van der Waals surface area contributed by atoms with Gasteiger partial charge in [0.2, 0.25) is 5.95 Å². The lowest BCUT2D eigenvalue weighted by atomic mass is 9.64. The first-order valence-corrected chi connectivity index (χ1v) is 16.1. The molecule has 48 heavy (non-hydrogen) atoms. The van der Waals surface area contributed by atoms with Crippen LogP contribution < -0.4 is 10.1 Å². The van der Waals surface area contributed by atoms with E-state index in [-0.39, 0.29) is 56.0 Å². The number of nitrogens with zero attached hydrogens (tertiary/aromatic N) is 8. The highest BCUT2D eigenvalue weighted by atomic mass is 32.2. The number of aryl methyl sites for hydroxylation is 1. The smallest absolute Gasteiger partial charge is 0.433 e. The summed E-state index contributed by atoms with van der Waals surface area (Å²) in [4.78, 5) is 13.1. The van der Waals surface area contributed by atoms with E-state index in [1.807, 2.05) is 0 Å². The van der Waals surface area contributed by atoms with Crippen molar-refractivity contribution in [2.24, 2.45) is 12.5 Å². The van der Waals surface area contributed by atoms with E-state index in [0.717, 1.165) is 14.7 Å². The number of ether oxygens (including phenoxy) is 2. The SMILES string of the molecule is Cn1c(Nc2cc(C(F)(F)F)n(C3CC4(COC4)C3)n2)nc2ncc(Oc3cnc4c(ccn4S(=O)(=O)c4ccccc4)c3)c(C#N)c21. The van der Waals surface area contributed by atoms with Crippen LogP contribution in [0.3, 0.4) is 0 Å². The number of hydrogen-bond acceptors (Lipinski definition) is 10. The standard InChI is InChI=1S/C31H24F3N9O4S/c1-41-26-22(13-35)23(47-20-9-18-7-8-42(28(18)37-14-20)48(44,45)21-5-3-2-4-6-21)15-36-27(26)39-29(41)38-25-10-24(31(32,33)34)43(40-25)19-11-30(12-19)16-46-17-30/h2-10,14-15,19H,11-12,16-17H2,1H3,(H,36,38,39,40). The third kappa shape index (κ3) is 4.75. The van der Waals surface area contributed by atoms with Gasteiger partial charge < -0.3 is 19.4 Å². The van der Waals surface area contributed by atoms with E-state index in [2.05, 4.69) is 31.4 Å². The third-order valence-corrected chi connectivity index (χ3v) is 10.4. The van der Waals surface area contributed by atoms with Crippen molar-refractivity contribution in [2.45, 2.75) is 30.0 Å². The van der Waals surface area contributed by atoms with Crippen LogP contribution in [0.15, 0.2) is 72.0 Å². The van der Waals surface area contributed by atoms with Crippen LogP contribution in [-0.4, -0.2) is 54.9 Å². The number of benzene rings is 1. The molecule has 8 rings (SSSR count). The number of alkyl halides is 3. The zero-order chi connectivity index (χ0) is 33.4. The topological polar surface area (TPSA) is 155 Å². The Morgan fingerprint density at radius 2 is 1.88 bits per heavy atom. The molecule has 6 aromatic rings. The fourth-order valence-electron chi connectivity index (χ4n) is 6.31. The average Bonchev–Trinajstić information content (AvgIpc) is 3.72. The molecule has 1 saturated heterocycles. The van der Waals surface area contributed by atoms with Crippen LogP contribution in [-0.2, 0) is 28.0 Å². The summed E-state index contributed by atoms with van der Waals surface area (Å²) < 4.78 is 83.0. The van der Waals surface area contributed by atoms with Crippen molar-refractivity contribution in [3.05, 3.63) is 78.4 Å². The molecule has 1 spiro atoms. The molecule has 244 valence electrons. The molecule has 0 amide bonds. The van der Waals surface area contributed by atoms with E-state index in [0.29, 0.717) is 31.4 Å². The molecule has 0 unspecified atom stereocenters. The molecule has 6 heterocycles. The number of imidazole rings is 1. The molecule has 1 N–H and O–H groups in total. The number of nitriles is 1. The quantitative estimate of drug-likeness (QED) is 0.228. The largest absolute Gasteiger partial charge is 0.453 e. The second-order valence-corrected chi connectivity index (χ2v) is 13.7. The maximum absolute atomic E-state index is 14.0. The minimum absolute atomic E-state index is 0.0536. The summed E-state index contributed by atoms with van der Waals surface area (Å²) in [5.74, 6) is 0.347. The summed E-state index contributed by atoms with van der Waals surface area (Å²) in [6.07, 6.45) is 0.536. The predicted molar refractivity (Wildman–Crippen MR) is 164 cm³/mol. The van der Waals surface area contributed by atoms with Gasteiger partial charge in [-0.2, -0.15) is 28.5 Å². The number of fused-ring (bicyclic) bond motifs is 2. The molecule has 1 aliphatic heterocycles. The molecule has 2 fully saturated rings. The second kappa shape index (κ2) is 10.5. The first-order valence-electron chi connectivity index (χ1n) is 14.7. The minimum Gasteiger partial charge on any atom is -0.453 e. The second-order valence-electron chi connectivity index (χ2n) is 11.9. The van der Waals surface area contributed by atoms with Gasteiger partial charge in [0.1, 0.15) is 28.6 Å². The summed E-state index contributed by atoms with van der Waals surface area (Å²) in [6, 6.07) is 13.8. The molecule has 1 aliphatic carbocycles. The van der Waals surface area contributed by atoms with Crippen molar-refractivity contribution in [2.75, 3.05) is 18.5 Å². The van der Waals surface area contributed by atoms with Gasteiger partial charge in [-0.25, -0.2) is 22.4 Å². The molecule has 0 bridgehead atoms. The zero-order valence-electron chi connectivity index (χ0n) is 25.0. The average molecular weight is 676 g/mol. The Labute approximate surface area is 270 Å². The Morgan fingerprint density at radius 3 is 2.56 bits per heavy atom. The van der Waals surface area contributed by atoms with Gasteiger partial charge in [-0.15, -0.1) is 0 Å². The number of rotatable bonds is 7.